The summed E-state index contributed by atoms with van der Waals surface area (Å²) in [6, 6.07) is 0. The van der Waals surface area contributed by atoms with E-state index in [2.05, 4.69) is 13.8 Å². The van der Waals surface area contributed by atoms with Crippen molar-refractivity contribution in [2.75, 3.05) is 13.2 Å². The van der Waals surface area contributed by atoms with Gasteiger partial charge in [0.25, 0.3) is 0 Å². The van der Waals surface area contributed by atoms with E-state index in [1.54, 1.807) is 0 Å². The molecule has 2 saturated carbocycles. The molecule has 3 heteroatoms. The second-order valence-electron chi connectivity index (χ2n) is 6.76. The molecular formula is C14H27NO2. The largest absolute Gasteiger partial charge is 0.386 e. The third kappa shape index (κ3) is 3.43. The average Bonchev–Trinajstić information content (AvgIpc) is 3.11. The lowest BCUT2D eigenvalue weighted by Crippen LogP contribution is -2.46. The van der Waals surface area contributed by atoms with Crippen LogP contribution in [0.1, 0.15) is 52.4 Å². The molecule has 3 nitrogen and oxygen atoms in total. The van der Waals surface area contributed by atoms with Crippen LogP contribution >= 0.6 is 0 Å². The third-order valence-corrected chi connectivity index (χ3v) is 4.55. The van der Waals surface area contributed by atoms with E-state index in [9.17, 15) is 5.11 Å². The van der Waals surface area contributed by atoms with Gasteiger partial charge >= 0.3 is 0 Å². The maximum atomic E-state index is 10.3. The summed E-state index contributed by atoms with van der Waals surface area (Å²) >= 11 is 0. The molecule has 0 aromatic carbocycles. The van der Waals surface area contributed by atoms with Crippen molar-refractivity contribution in [3.8, 4) is 0 Å². The third-order valence-electron chi connectivity index (χ3n) is 4.55. The van der Waals surface area contributed by atoms with E-state index in [0.29, 0.717) is 30.6 Å². The molecule has 100 valence electrons. The predicted molar refractivity (Wildman–Crippen MR) is 68.7 cm³/mol. The molecule has 0 bridgehead atoms. The van der Waals surface area contributed by atoms with E-state index in [1.165, 1.54) is 12.8 Å². The van der Waals surface area contributed by atoms with E-state index < -0.39 is 5.60 Å². The summed E-state index contributed by atoms with van der Waals surface area (Å²) in [7, 11) is 0. The predicted octanol–water partition coefficient (Wildman–Crippen LogP) is 2.07. The first-order valence-corrected chi connectivity index (χ1v) is 6.99. The zero-order valence-corrected chi connectivity index (χ0v) is 11.2. The zero-order chi connectivity index (χ0) is 12.5. The summed E-state index contributed by atoms with van der Waals surface area (Å²) < 4.78 is 5.90. The Morgan fingerprint density at radius 3 is 2.29 bits per heavy atom. The van der Waals surface area contributed by atoms with Crippen LogP contribution in [0.5, 0.6) is 0 Å². The van der Waals surface area contributed by atoms with Crippen molar-refractivity contribution in [3.05, 3.63) is 0 Å². The SMILES string of the molecule is CC1(C)CCC(OCC(O)(CN)C2CC2)CC1. The molecule has 2 aliphatic carbocycles. The van der Waals surface area contributed by atoms with Crippen LogP contribution in [0.4, 0.5) is 0 Å². The fourth-order valence-electron chi connectivity index (χ4n) is 2.77. The number of nitrogens with two attached hydrogens (primary N) is 1. The zero-order valence-electron chi connectivity index (χ0n) is 11.2. The number of ether oxygens (including phenoxy) is 1. The maximum absolute atomic E-state index is 10.3. The second-order valence-corrected chi connectivity index (χ2v) is 6.76. The van der Waals surface area contributed by atoms with Crippen molar-refractivity contribution in [1.82, 2.24) is 0 Å². The second kappa shape index (κ2) is 4.87. The molecule has 1 unspecified atom stereocenters. The van der Waals surface area contributed by atoms with Gasteiger partial charge in [-0.25, -0.2) is 0 Å². The van der Waals surface area contributed by atoms with Crippen LogP contribution in [0, 0.1) is 11.3 Å². The first-order chi connectivity index (χ1) is 7.95. The molecule has 0 radical (unpaired) electrons. The lowest BCUT2D eigenvalue weighted by molar-refractivity contribution is -0.0931. The van der Waals surface area contributed by atoms with Gasteiger partial charge in [-0.1, -0.05) is 13.8 Å². The summed E-state index contributed by atoms with van der Waals surface area (Å²) in [6.45, 7) is 5.41. The van der Waals surface area contributed by atoms with Gasteiger partial charge in [0.2, 0.25) is 0 Å². The molecule has 2 rings (SSSR count). The number of hydrogen-bond acceptors (Lipinski definition) is 3. The molecular weight excluding hydrogens is 214 g/mol. The summed E-state index contributed by atoms with van der Waals surface area (Å²) in [5.74, 6) is 0.382. The van der Waals surface area contributed by atoms with Gasteiger partial charge in [-0.2, -0.15) is 0 Å². The molecule has 2 fully saturated rings. The smallest absolute Gasteiger partial charge is 0.103 e. The molecule has 0 saturated heterocycles. The van der Waals surface area contributed by atoms with Gasteiger partial charge in [-0.15, -0.1) is 0 Å². The number of rotatable bonds is 5. The van der Waals surface area contributed by atoms with Crippen molar-refractivity contribution in [1.29, 1.82) is 0 Å². The molecule has 2 aliphatic rings. The van der Waals surface area contributed by atoms with Gasteiger partial charge in [0.1, 0.15) is 5.60 Å². The molecule has 3 N–H and O–H groups in total. The highest BCUT2D eigenvalue weighted by molar-refractivity contribution is 4.95. The van der Waals surface area contributed by atoms with Gasteiger partial charge < -0.3 is 15.6 Å². The van der Waals surface area contributed by atoms with Crippen LogP contribution in [0.3, 0.4) is 0 Å². The summed E-state index contributed by atoms with van der Waals surface area (Å²) in [5.41, 5.74) is 5.39. The first-order valence-electron chi connectivity index (χ1n) is 6.99. The molecule has 17 heavy (non-hydrogen) atoms. The molecule has 0 spiro atoms. The standard InChI is InChI=1S/C14H27NO2/c1-13(2)7-5-12(6-8-13)17-10-14(16,9-15)11-3-4-11/h11-12,16H,3-10,15H2,1-2H3. The first kappa shape index (κ1) is 13.3. The van der Waals surface area contributed by atoms with E-state index in [4.69, 9.17) is 10.5 Å². The Hall–Kier alpha value is -0.120. The lowest BCUT2D eigenvalue weighted by atomic mass is 9.76. The van der Waals surface area contributed by atoms with Crippen molar-refractivity contribution in [3.63, 3.8) is 0 Å². The average molecular weight is 241 g/mol. The quantitative estimate of drug-likeness (QED) is 0.774. The summed E-state index contributed by atoms with van der Waals surface area (Å²) in [5, 5.41) is 10.3. The molecule has 0 aromatic rings. The Morgan fingerprint density at radius 1 is 1.24 bits per heavy atom. The van der Waals surface area contributed by atoms with E-state index in [0.717, 1.165) is 25.7 Å². The fourth-order valence-corrected chi connectivity index (χ4v) is 2.77. The highest BCUT2D eigenvalue weighted by Crippen LogP contribution is 2.41. The van der Waals surface area contributed by atoms with Crippen LogP contribution in [0.25, 0.3) is 0 Å². The molecule has 0 aromatic heterocycles. The lowest BCUT2D eigenvalue weighted by Gasteiger charge is -2.36. The van der Waals surface area contributed by atoms with Gasteiger partial charge in [0.05, 0.1) is 12.7 Å². The van der Waals surface area contributed by atoms with Crippen LogP contribution in [0.2, 0.25) is 0 Å². The summed E-state index contributed by atoms with van der Waals surface area (Å²) in [4.78, 5) is 0. The Bertz CT molecular complexity index is 253. The van der Waals surface area contributed by atoms with Crippen molar-refractivity contribution >= 4 is 0 Å². The van der Waals surface area contributed by atoms with E-state index >= 15 is 0 Å². The topological polar surface area (TPSA) is 55.5 Å². The van der Waals surface area contributed by atoms with Crippen molar-refractivity contribution in [2.24, 2.45) is 17.1 Å². The maximum Gasteiger partial charge on any atom is 0.103 e. The van der Waals surface area contributed by atoms with E-state index in [1.807, 2.05) is 0 Å². The highest BCUT2D eigenvalue weighted by atomic mass is 16.5. The van der Waals surface area contributed by atoms with Crippen molar-refractivity contribution < 1.29 is 9.84 Å². The van der Waals surface area contributed by atoms with Gasteiger partial charge in [0, 0.05) is 6.54 Å². The highest BCUT2D eigenvalue weighted by Gasteiger charge is 2.43. The molecule has 0 aliphatic heterocycles. The number of aliphatic hydroxyl groups is 1. The number of hydrogen-bond donors (Lipinski definition) is 2. The normalized spacial score (nSPS) is 28.9. The van der Waals surface area contributed by atoms with Crippen LogP contribution in [-0.4, -0.2) is 30.0 Å². The van der Waals surface area contributed by atoms with Gasteiger partial charge in [0.15, 0.2) is 0 Å². The minimum atomic E-state index is -0.757. The molecule has 0 heterocycles. The van der Waals surface area contributed by atoms with Crippen LogP contribution in [-0.2, 0) is 4.74 Å². The molecule has 1 atom stereocenters. The Balaban J connectivity index is 1.75. The minimum Gasteiger partial charge on any atom is -0.386 e. The Kier molecular flexibility index (Phi) is 3.81. The Labute approximate surface area is 105 Å². The summed E-state index contributed by atoms with van der Waals surface area (Å²) in [6.07, 6.45) is 7.24. The van der Waals surface area contributed by atoms with Crippen LogP contribution in [0.15, 0.2) is 0 Å². The minimum absolute atomic E-state index is 0.329. The molecule has 0 amide bonds. The van der Waals surface area contributed by atoms with Gasteiger partial charge in [-0.3, -0.25) is 0 Å². The van der Waals surface area contributed by atoms with Gasteiger partial charge in [-0.05, 0) is 49.9 Å². The monoisotopic (exact) mass is 241 g/mol. The Morgan fingerprint density at radius 2 is 1.82 bits per heavy atom. The van der Waals surface area contributed by atoms with E-state index in [-0.39, 0.29) is 0 Å². The fraction of sp³-hybridized carbons (Fsp3) is 1.00. The van der Waals surface area contributed by atoms with Crippen molar-refractivity contribution in [2.45, 2.75) is 64.1 Å². The van der Waals surface area contributed by atoms with Crippen LogP contribution < -0.4 is 5.73 Å².